The second-order valence-electron chi connectivity index (χ2n) is 4.84. The molecule has 0 saturated carbocycles. The van der Waals surface area contributed by atoms with E-state index < -0.39 is 0 Å². The van der Waals surface area contributed by atoms with Gasteiger partial charge in [-0.15, -0.1) is 11.3 Å². The minimum atomic E-state index is 0.721. The van der Waals surface area contributed by atoms with Gasteiger partial charge >= 0.3 is 0 Å². The van der Waals surface area contributed by atoms with Gasteiger partial charge in [-0.05, 0) is 29.3 Å². The molecule has 4 rings (SSSR count). The van der Waals surface area contributed by atoms with Gasteiger partial charge < -0.3 is 0 Å². The van der Waals surface area contributed by atoms with Gasteiger partial charge in [0.2, 0.25) is 0 Å². The van der Waals surface area contributed by atoms with Crippen molar-refractivity contribution >= 4 is 21.6 Å². The molecular weight excluding hydrogens is 300 g/mol. The number of fused-ring (bicyclic) bond motifs is 1. The number of hydrogen-bond acceptors (Lipinski definition) is 3. The maximum absolute atomic E-state index is 8.93. The van der Waals surface area contributed by atoms with Crippen molar-refractivity contribution in [2.45, 2.75) is 0 Å². The van der Waals surface area contributed by atoms with E-state index in [1.807, 2.05) is 78.3 Å². The van der Waals surface area contributed by atoms with E-state index in [9.17, 15) is 0 Å². The Labute approximate surface area is 139 Å². The van der Waals surface area contributed by atoms with Crippen LogP contribution in [0.2, 0.25) is 0 Å². The van der Waals surface area contributed by atoms with Crippen LogP contribution in [0.5, 0.6) is 0 Å². The lowest BCUT2D eigenvalue weighted by Gasteiger charge is -2.02. The third-order valence-corrected chi connectivity index (χ3v) is 4.18. The summed E-state index contributed by atoms with van der Waals surface area (Å²) in [6, 6.07) is 27.9. The van der Waals surface area contributed by atoms with Crippen molar-refractivity contribution in [3.05, 3.63) is 89.9 Å². The van der Waals surface area contributed by atoms with Crippen molar-refractivity contribution in [3.8, 4) is 17.2 Å². The van der Waals surface area contributed by atoms with Crippen molar-refractivity contribution < 1.29 is 0 Å². The van der Waals surface area contributed by atoms with Gasteiger partial charge in [0.25, 0.3) is 0 Å². The summed E-state index contributed by atoms with van der Waals surface area (Å²) in [7, 11) is 0. The number of thiazole rings is 1. The van der Waals surface area contributed by atoms with Crippen molar-refractivity contribution in [2.75, 3.05) is 0 Å². The zero-order valence-corrected chi connectivity index (χ0v) is 13.2. The van der Waals surface area contributed by atoms with Crippen molar-refractivity contribution in [2.24, 2.45) is 0 Å². The molecule has 0 spiro atoms. The Morgan fingerprint density at radius 1 is 0.783 bits per heavy atom. The van der Waals surface area contributed by atoms with Crippen LogP contribution < -0.4 is 0 Å². The van der Waals surface area contributed by atoms with Crippen LogP contribution >= 0.6 is 11.3 Å². The van der Waals surface area contributed by atoms with E-state index in [-0.39, 0.29) is 0 Å². The molecule has 23 heavy (non-hydrogen) atoms. The second kappa shape index (κ2) is 7.35. The first-order chi connectivity index (χ1) is 11.4. The van der Waals surface area contributed by atoms with E-state index in [1.54, 1.807) is 11.3 Å². The van der Waals surface area contributed by atoms with Gasteiger partial charge in [-0.25, -0.2) is 4.98 Å². The average Bonchev–Trinajstić information content (AvgIpc) is 3.12. The van der Waals surface area contributed by atoms with Gasteiger partial charge in [0.05, 0.1) is 27.4 Å². The summed E-state index contributed by atoms with van der Waals surface area (Å²) in [6.07, 6.45) is 0. The minimum absolute atomic E-state index is 0.721. The van der Waals surface area contributed by atoms with E-state index >= 15 is 0 Å². The van der Waals surface area contributed by atoms with E-state index in [0.717, 1.165) is 22.2 Å². The quantitative estimate of drug-likeness (QED) is 0.464. The summed E-state index contributed by atoms with van der Waals surface area (Å²) in [5.41, 5.74) is 5.77. The van der Waals surface area contributed by atoms with E-state index in [4.69, 9.17) is 5.26 Å². The zero-order valence-electron chi connectivity index (χ0n) is 12.4. The molecule has 1 heterocycles. The number of para-hydroxylation sites is 1. The Morgan fingerprint density at radius 2 is 1.48 bits per heavy atom. The maximum atomic E-state index is 8.93. The van der Waals surface area contributed by atoms with Crippen LogP contribution in [0.1, 0.15) is 5.56 Å². The maximum Gasteiger partial charge on any atom is 0.0998 e. The minimum Gasteiger partial charge on any atom is -0.245 e. The Kier molecular flexibility index (Phi) is 4.78. The van der Waals surface area contributed by atoms with Crippen LogP contribution in [0.4, 0.5) is 0 Å². The van der Waals surface area contributed by atoms with Gasteiger partial charge in [0.15, 0.2) is 0 Å². The summed E-state index contributed by atoms with van der Waals surface area (Å²) < 4.78 is 1.26. The van der Waals surface area contributed by atoms with Gasteiger partial charge in [-0.3, -0.25) is 0 Å². The SMILES string of the molecule is N#Cc1ccccc1-c1ccccc1.c1ccc2scnc2c1. The first-order valence-electron chi connectivity index (χ1n) is 7.21. The van der Waals surface area contributed by atoms with E-state index in [0.29, 0.717) is 0 Å². The Hall–Kier alpha value is -2.96. The predicted octanol–water partition coefficient (Wildman–Crippen LogP) is 5.52. The fourth-order valence-electron chi connectivity index (χ4n) is 2.25. The van der Waals surface area contributed by atoms with E-state index in [1.165, 1.54) is 4.70 Å². The molecule has 2 nitrogen and oxygen atoms in total. The molecular formula is C20H14N2S. The number of aromatic nitrogens is 1. The molecule has 4 aromatic rings. The highest BCUT2D eigenvalue weighted by molar-refractivity contribution is 7.16. The summed E-state index contributed by atoms with van der Waals surface area (Å²) in [4.78, 5) is 4.14. The van der Waals surface area contributed by atoms with Crippen LogP contribution in [0.25, 0.3) is 21.3 Å². The molecule has 0 atom stereocenters. The third kappa shape index (κ3) is 3.63. The molecule has 0 unspecified atom stereocenters. The number of nitriles is 1. The molecule has 3 aromatic carbocycles. The monoisotopic (exact) mass is 314 g/mol. The van der Waals surface area contributed by atoms with E-state index in [2.05, 4.69) is 17.1 Å². The lowest BCUT2D eigenvalue weighted by molar-refractivity contribution is 1.48. The molecule has 0 saturated heterocycles. The molecule has 0 radical (unpaired) electrons. The van der Waals surface area contributed by atoms with Crippen LogP contribution in [0.3, 0.4) is 0 Å². The van der Waals surface area contributed by atoms with Gasteiger partial charge in [-0.1, -0.05) is 60.7 Å². The summed E-state index contributed by atoms with van der Waals surface area (Å²) >= 11 is 1.68. The second-order valence-corrected chi connectivity index (χ2v) is 5.73. The molecule has 0 bridgehead atoms. The molecule has 0 amide bonds. The van der Waals surface area contributed by atoms with Crippen LogP contribution in [-0.2, 0) is 0 Å². The number of nitrogens with zero attached hydrogens (tertiary/aromatic N) is 2. The molecule has 110 valence electrons. The lowest BCUT2D eigenvalue weighted by Crippen LogP contribution is -1.82. The molecule has 3 heteroatoms. The van der Waals surface area contributed by atoms with Crippen molar-refractivity contribution in [3.63, 3.8) is 0 Å². The fraction of sp³-hybridized carbons (Fsp3) is 0. The first kappa shape index (κ1) is 15.0. The normalized spacial score (nSPS) is 9.70. The lowest BCUT2D eigenvalue weighted by atomic mass is 10.0. The predicted molar refractivity (Wildman–Crippen MR) is 96.2 cm³/mol. The van der Waals surface area contributed by atoms with Gasteiger partial charge in [0, 0.05) is 0 Å². The third-order valence-electron chi connectivity index (χ3n) is 3.37. The molecule has 0 fully saturated rings. The standard InChI is InChI=1S/C13H9N.C7H5NS/c14-10-12-8-4-5-9-13(12)11-6-2-1-3-7-11;1-2-4-7-6(3-1)8-5-9-7/h1-9H;1-5H. The molecule has 0 N–H and O–H groups in total. The molecule has 0 aliphatic heterocycles. The topological polar surface area (TPSA) is 36.7 Å². The Balaban J connectivity index is 0.000000149. The highest BCUT2D eigenvalue weighted by atomic mass is 32.1. The molecule has 0 aliphatic carbocycles. The highest BCUT2D eigenvalue weighted by Crippen LogP contribution is 2.22. The summed E-state index contributed by atoms with van der Waals surface area (Å²) in [5, 5.41) is 8.93. The van der Waals surface area contributed by atoms with Crippen LogP contribution in [0.15, 0.2) is 84.4 Å². The fourth-order valence-corrected chi connectivity index (χ4v) is 2.93. The molecule has 0 aliphatic rings. The van der Waals surface area contributed by atoms with Crippen molar-refractivity contribution in [1.82, 2.24) is 4.98 Å². The summed E-state index contributed by atoms with van der Waals surface area (Å²) in [6.45, 7) is 0. The number of rotatable bonds is 1. The largest absolute Gasteiger partial charge is 0.245 e. The highest BCUT2D eigenvalue weighted by Gasteiger charge is 2.01. The average molecular weight is 314 g/mol. The Morgan fingerprint density at radius 3 is 2.26 bits per heavy atom. The summed E-state index contributed by atoms with van der Waals surface area (Å²) in [5.74, 6) is 0. The zero-order chi connectivity index (χ0) is 15.9. The first-order valence-corrected chi connectivity index (χ1v) is 8.09. The number of benzene rings is 3. The van der Waals surface area contributed by atoms with Gasteiger partial charge in [-0.2, -0.15) is 5.26 Å². The Bertz CT molecular complexity index is 906. The smallest absolute Gasteiger partial charge is 0.0998 e. The molecule has 1 aromatic heterocycles. The van der Waals surface area contributed by atoms with Crippen LogP contribution in [-0.4, -0.2) is 4.98 Å². The van der Waals surface area contributed by atoms with Crippen LogP contribution in [0, 0.1) is 11.3 Å². The van der Waals surface area contributed by atoms with Gasteiger partial charge in [0.1, 0.15) is 0 Å². The van der Waals surface area contributed by atoms with Crippen molar-refractivity contribution in [1.29, 1.82) is 5.26 Å². The number of hydrogen-bond donors (Lipinski definition) is 0.